The molecule has 3 aromatic carbocycles. The van der Waals surface area contributed by atoms with Gasteiger partial charge in [0.25, 0.3) is 5.56 Å². The van der Waals surface area contributed by atoms with Gasteiger partial charge in [0.1, 0.15) is 5.75 Å². The number of amides is 1. The first-order valence-electron chi connectivity index (χ1n) is 9.81. The van der Waals surface area contributed by atoms with Crippen molar-refractivity contribution in [1.29, 1.82) is 0 Å². The summed E-state index contributed by atoms with van der Waals surface area (Å²) in [5.41, 5.74) is 2.43. The van der Waals surface area contributed by atoms with E-state index in [0.717, 1.165) is 5.56 Å². The number of fused-ring (bicyclic) bond motifs is 1. The molecule has 0 radical (unpaired) electrons. The van der Waals surface area contributed by atoms with Crippen molar-refractivity contribution in [1.82, 2.24) is 9.55 Å². The number of anilines is 1. The fourth-order valence-electron chi connectivity index (χ4n) is 3.27. The molecule has 0 saturated heterocycles. The van der Waals surface area contributed by atoms with Gasteiger partial charge in [-0.25, -0.2) is 4.98 Å². The number of benzene rings is 3. The predicted octanol–water partition coefficient (Wildman–Crippen LogP) is 5.09. The third kappa shape index (κ3) is 4.64. The summed E-state index contributed by atoms with van der Waals surface area (Å²) in [6.07, 6.45) is 0. The van der Waals surface area contributed by atoms with Crippen LogP contribution < -0.4 is 15.6 Å². The number of rotatable bonds is 6. The normalized spacial score (nSPS) is 10.8. The monoisotopic (exact) mass is 465 g/mol. The molecule has 1 amide bonds. The number of aromatic nitrogens is 2. The largest absolute Gasteiger partial charge is 0.495 e. The van der Waals surface area contributed by atoms with Crippen LogP contribution in [0, 0.1) is 6.92 Å². The zero-order chi connectivity index (χ0) is 22.7. The van der Waals surface area contributed by atoms with Crippen molar-refractivity contribution in [3.63, 3.8) is 0 Å². The van der Waals surface area contributed by atoms with E-state index >= 15 is 0 Å². The Bertz CT molecular complexity index is 1360. The lowest BCUT2D eigenvalue weighted by Gasteiger charge is -2.16. The number of nitrogens with zero attached hydrogens (tertiary/aromatic N) is 2. The van der Waals surface area contributed by atoms with Gasteiger partial charge in [0.05, 0.1) is 29.5 Å². The highest BCUT2D eigenvalue weighted by molar-refractivity contribution is 7.99. The molecular weight excluding hydrogens is 446 g/mol. The van der Waals surface area contributed by atoms with Crippen LogP contribution in [0.3, 0.4) is 0 Å². The summed E-state index contributed by atoms with van der Waals surface area (Å²) in [6.45, 7) is 1.93. The van der Waals surface area contributed by atoms with E-state index in [2.05, 4.69) is 10.3 Å². The van der Waals surface area contributed by atoms with Gasteiger partial charge in [-0.1, -0.05) is 47.6 Å². The third-order valence-electron chi connectivity index (χ3n) is 4.77. The molecule has 4 rings (SSSR count). The van der Waals surface area contributed by atoms with Gasteiger partial charge in [0.2, 0.25) is 5.91 Å². The van der Waals surface area contributed by atoms with Crippen molar-refractivity contribution in [3.05, 3.63) is 87.7 Å². The SMILES string of the molecule is COc1ccc(C)cc1-n1c(SCC(=O)Nc2ccccc2)nc2cc(Cl)ccc2c1=O. The van der Waals surface area contributed by atoms with Crippen LogP contribution in [-0.4, -0.2) is 28.3 Å². The van der Waals surface area contributed by atoms with Gasteiger partial charge in [-0.3, -0.25) is 14.2 Å². The van der Waals surface area contributed by atoms with Gasteiger partial charge < -0.3 is 10.1 Å². The number of hydrogen-bond donors (Lipinski definition) is 1. The number of nitrogens with one attached hydrogen (secondary N) is 1. The predicted molar refractivity (Wildman–Crippen MR) is 129 cm³/mol. The molecule has 0 atom stereocenters. The topological polar surface area (TPSA) is 73.2 Å². The molecule has 0 spiro atoms. The van der Waals surface area contributed by atoms with Gasteiger partial charge in [0, 0.05) is 10.7 Å². The number of methoxy groups -OCH3 is 1. The number of halogens is 1. The smallest absolute Gasteiger partial charge is 0.266 e. The van der Waals surface area contributed by atoms with E-state index in [-0.39, 0.29) is 17.2 Å². The van der Waals surface area contributed by atoms with E-state index in [1.54, 1.807) is 31.4 Å². The fourth-order valence-corrected chi connectivity index (χ4v) is 4.24. The molecule has 0 aliphatic carbocycles. The van der Waals surface area contributed by atoms with E-state index in [0.29, 0.717) is 38.2 Å². The average Bonchev–Trinajstić information content (AvgIpc) is 2.78. The molecule has 4 aromatic rings. The highest BCUT2D eigenvalue weighted by Gasteiger charge is 2.18. The van der Waals surface area contributed by atoms with E-state index in [1.807, 2.05) is 49.4 Å². The third-order valence-corrected chi connectivity index (χ3v) is 5.94. The maximum absolute atomic E-state index is 13.5. The van der Waals surface area contributed by atoms with Crippen LogP contribution >= 0.6 is 23.4 Å². The molecule has 1 N–H and O–H groups in total. The first-order valence-corrected chi connectivity index (χ1v) is 11.2. The fraction of sp³-hybridized carbons (Fsp3) is 0.125. The van der Waals surface area contributed by atoms with Crippen molar-refractivity contribution < 1.29 is 9.53 Å². The summed E-state index contributed by atoms with van der Waals surface area (Å²) in [5.74, 6) is 0.398. The number of para-hydroxylation sites is 1. The summed E-state index contributed by atoms with van der Waals surface area (Å²) in [6, 6.07) is 19.7. The van der Waals surface area contributed by atoms with Gasteiger partial charge in [-0.05, 0) is 55.0 Å². The van der Waals surface area contributed by atoms with Crippen molar-refractivity contribution in [2.24, 2.45) is 0 Å². The molecule has 162 valence electrons. The zero-order valence-corrected chi connectivity index (χ0v) is 19.0. The van der Waals surface area contributed by atoms with Crippen molar-refractivity contribution in [2.75, 3.05) is 18.2 Å². The molecule has 0 aliphatic heterocycles. The lowest BCUT2D eigenvalue weighted by Crippen LogP contribution is -2.23. The molecule has 6 nitrogen and oxygen atoms in total. The van der Waals surface area contributed by atoms with Crippen LogP contribution in [0.15, 0.2) is 76.7 Å². The summed E-state index contributed by atoms with van der Waals surface area (Å²) in [7, 11) is 1.55. The molecule has 0 saturated carbocycles. The molecular formula is C24H20ClN3O3S. The Morgan fingerprint density at radius 2 is 1.91 bits per heavy atom. The maximum Gasteiger partial charge on any atom is 0.266 e. The van der Waals surface area contributed by atoms with Gasteiger partial charge in [0.15, 0.2) is 5.16 Å². The van der Waals surface area contributed by atoms with Crippen molar-refractivity contribution in [3.8, 4) is 11.4 Å². The lowest BCUT2D eigenvalue weighted by atomic mass is 10.2. The minimum atomic E-state index is -0.262. The zero-order valence-electron chi connectivity index (χ0n) is 17.5. The number of hydrogen-bond acceptors (Lipinski definition) is 5. The minimum Gasteiger partial charge on any atom is -0.495 e. The van der Waals surface area contributed by atoms with E-state index in [1.165, 1.54) is 16.3 Å². The summed E-state index contributed by atoms with van der Waals surface area (Å²) >= 11 is 7.30. The summed E-state index contributed by atoms with van der Waals surface area (Å²) in [5, 5.41) is 4.12. The second-order valence-electron chi connectivity index (χ2n) is 7.07. The Morgan fingerprint density at radius 1 is 1.12 bits per heavy atom. The first-order chi connectivity index (χ1) is 15.5. The highest BCUT2D eigenvalue weighted by Crippen LogP contribution is 2.29. The van der Waals surface area contributed by atoms with Gasteiger partial charge in [-0.2, -0.15) is 0 Å². The maximum atomic E-state index is 13.5. The molecule has 32 heavy (non-hydrogen) atoms. The summed E-state index contributed by atoms with van der Waals surface area (Å²) < 4.78 is 6.99. The van der Waals surface area contributed by atoms with Crippen LogP contribution in [0.1, 0.15) is 5.56 Å². The highest BCUT2D eigenvalue weighted by atomic mass is 35.5. The Balaban J connectivity index is 1.78. The van der Waals surface area contributed by atoms with Gasteiger partial charge >= 0.3 is 0 Å². The van der Waals surface area contributed by atoms with Crippen LogP contribution in [0.25, 0.3) is 16.6 Å². The van der Waals surface area contributed by atoms with Crippen LogP contribution in [0.5, 0.6) is 5.75 Å². The summed E-state index contributed by atoms with van der Waals surface area (Å²) in [4.78, 5) is 30.7. The quantitative estimate of drug-likeness (QED) is 0.317. The molecule has 0 aliphatic rings. The van der Waals surface area contributed by atoms with Crippen LogP contribution in [0.2, 0.25) is 5.02 Å². The molecule has 0 fully saturated rings. The second kappa shape index (κ2) is 9.46. The van der Waals surface area contributed by atoms with Crippen LogP contribution in [-0.2, 0) is 4.79 Å². The Labute approximate surface area is 194 Å². The van der Waals surface area contributed by atoms with Crippen LogP contribution in [0.4, 0.5) is 5.69 Å². The second-order valence-corrected chi connectivity index (χ2v) is 8.45. The number of aryl methyl sites for hydroxylation is 1. The molecule has 0 unspecified atom stereocenters. The number of carbonyl (C=O) groups is 1. The van der Waals surface area contributed by atoms with Crippen molar-refractivity contribution in [2.45, 2.75) is 12.1 Å². The number of carbonyl (C=O) groups excluding carboxylic acids is 1. The Morgan fingerprint density at radius 3 is 2.66 bits per heavy atom. The van der Waals surface area contributed by atoms with E-state index in [9.17, 15) is 9.59 Å². The Kier molecular flexibility index (Phi) is 6.48. The molecule has 1 heterocycles. The average molecular weight is 466 g/mol. The number of ether oxygens (including phenoxy) is 1. The first kappa shape index (κ1) is 21.9. The number of thioether (sulfide) groups is 1. The Hall–Kier alpha value is -3.29. The lowest BCUT2D eigenvalue weighted by molar-refractivity contribution is -0.113. The van der Waals surface area contributed by atoms with E-state index in [4.69, 9.17) is 16.3 Å². The molecule has 8 heteroatoms. The van der Waals surface area contributed by atoms with Gasteiger partial charge in [-0.15, -0.1) is 0 Å². The van der Waals surface area contributed by atoms with Crippen molar-refractivity contribution >= 4 is 45.9 Å². The van der Waals surface area contributed by atoms with E-state index < -0.39 is 0 Å². The minimum absolute atomic E-state index is 0.0710. The molecule has 0 bridgehead atoms. The molecule has 1 aromatic heterocycles. The standard InChI is InChI=1S/C24H20ClN3O3S/c1-15-8-11-21(31-2)20(12-15)28-23(30)18-10-9-16(25)13-19(18)27-24(28)32-14-22(29)26-17-6-4-3-5-7-17/h3-13H,14H2,1-2H3,(H,26,29).